The van der Waals surface area contributed by atoms with Crippen LogP contribution in [-0.2, 0) is 0 Å². The van der Waals surface area contributed by atoms with E-state index in [1.165, 1.54) is 141 Å². The molecule has 0 aliphatic heterocycles. The van der Waals surface area contributed by atoms with E-state index < -0.39 is 0 Å². The van der Waals surface area contributed by atoms with Crippen LogP contribution in [-0.4, -0.2) is 32.6 Å². The molecule has 2 atom stereocenters. The summed E-state index contributed by atoms with van der Waals surface area (Å²) in [5, 5.41) is 7.38. The molecular weight excluding hydrogens is 414 g/mol. The zero-order valence-corrected chi connectivity index (χ0v) is 22.3. The second kappa shape index (κ2) is 17.9. The lowest BCUT2D eigenvalue weighted by Gasteiger charge is -2.29. The monoisotopic (exact) mass is 468 g/mol. The summed E-state index contributed by atoms with van der Waals surface area (Å²) in [4.78, 5) is 13.0. The van der Waals surface area contributed by atoms with Crippen LogP contribution in [0.2, 0.25) is 11.6 Å². The van der Waals surface area contributed by atoms with Gasteiger partial charge in [-0.2, -0.15) is 0 Å². The van der Waals surface area contributed by atoms with Crippen LogP contribution in [0.4, 0.5) is 4.79 Å². The second-order valence-electron chi connectivity index (χ2n) is 11.9. The number of amides is 1. The third-order valence-electron chi connectivity index (χ3n) is 8.77. The first-order valence-corrected chi connectivity index (χ1v) is 15.5. The number of rotatable bonds is 6. The molecule has 0 heterocycles. The van der Waals surface area contributed by atoms with E-state index in [-0.39, 0.29) is 5.81 Å². The summed E-state index contributed by atoms with van der Waals surface area (Å²) >= 11 is 0. The molecule has 3 aliphatic rings. The molecule has 3 saturated carbocycles. The van der Waals surface area contributed by atoms with Gasteiger partial charge in [0, 0.05) is 6.04 Å². The summed E-state index contributed by atoms with van der Waals surface area (Å²) in [7, 11) is 4.54. The Labute approximate surface area is 213 Å². The third kappa shape index (κ3) is 12.5. The van der Waals surface area contributed by atoms with Gasteiger partial charge in [0.2, 0.25) is 14.7 Å². The summed E-state index contributed by atoms with van der Waals surface area (Å²) in [6, 6.07) is 0.838. The highest BCUT2D eigenvalue weighted by molar-refractivity contribution is 6.74. The molecule has 2 radical (unpaired) electrons. The van der Waals surface area contributed by atoms with Crippen LogP contribution in [0, 0.1) is 0 Å². The molecule has 5 heteroatoms. The van der Waals surface area contributed by atoms with Crippen molar-refractivity contribution >= 4 is 20.5 Å². The first kappa shape index (κ1) is 28.1. The van der Waals surface area contributed by atoms with E-state index in [0.717, 1.165) is 18.7 Å². The fourth-order valence-electron chi connectivity index (χ4n) is 6.57. The van der Waals surface area contributed by atoms with Gasteiger partial charge < -0.3 is 10.5 Å². The predicted molar refractivity (Wildman–Crippen MR) is 149 cm³/mol. The van der Waals surface area contributed by atoms with E-state index in [4.69, 9.17) is 0 Å². The quantitative estimate of drug-likeness (QED) is 0.385. The van der Waals surface area contributed by atoms with Gasteiger partial charge in [-0.25, -0.2) is 0 Å². The minimum Gasteiger partial charge on any atom is -0.363 e. The molecule has 0 aromatic carbocycles. The van der Waals surface area contributed by atoms with Crippen LogP contribution in [0.15, 0.2) is 0 Å². The number of hydrogen-bond donors (Lipinski definition) is 2. The highest BCUT2D eigenvalue weighted by Gasteiger charge is 2.23. The van der Waals surface area contributed by atoms with Gasteiger partial charge in [-0.3, -0.25) is 4.79 Å². The summed E-state index contributed by atoms with van der Waals surface area (Å²) in [5.74, 6) is 1.44. The minimum atomic E-state index is 0.213. The molecule has 0 aromatic rings. The van der Waals surface area contributed by atoms with Crippen molar-refractivity contribution in [1.29, 1.82) is 0 Å². The van der Waals surface area contributed by atoms with Crippen molar-refractivity contribution in [3.05, 3.63) is 0 Å². The Bertz CT molecular complexity index is 512. The van der Waals surface area contributed by atoms with Crippen molar-refractivity contribution in [2.24, 2.45) is 0 Å². The van der Waals surface area contributed by atoms with E-state index >= 15 is 0 Å². The van der Waals surface area contributed by atoms with Crippen molar-refractivity contribution in [2.75, 3.05) is 0 Å². The van der Waals surface area contributed by atoms with Gasteiger partial charge in [-0.15, -0.1) is 0 Å². The van der Waals surface area contributed by atoms with Gasteiger partial charge in [-0.1, -0.05) is 146 Å². The number of carbonyl (C=O) groups excluding carboxylic acids is 1. The minimum absolute atomic E-state index is 0.213. The maximum Gasteiger partial charge on any atom is 0.236 e. The van der Waals surface area contributed by atoms with E-state index in [2.05, 4.69) is 25.2 Å². The van der Waals surface area contributed by atoms with Crippen molar-refractivity contribution in [1.82, 2.24) is 10.5 Å². The van der Waals surface area contributed by atoms with Gasteiger partial charge in [0.1, 0.15) is 0 Å². The molecule has 3 aliphatic carbocycles. The molecule has 0 aromatic heterocycles. The number of hydrogen-bond acceptors (Lipinski definition) is 2. The van der Waals surface area contributed by atoms with Crippen molar-refractivity contribution in [3.8, 4) is 0 Å². The van der Waals surface area contributed by atoms with Gasteiger partial charge in [0.15, 0.2) is 5.81 Å². The van der Waals surface area contributed by atoms with E-state index in [0.29, 0.717) is 17.9 Å². The average Bonchev–Trinajstić information content (AvgIpc) is 3.05. The molecule has 192 valence electrons. The summed E-state index contributed by atoms with van der Waals surface area (Å²) in [5.41, 5.74) is 0. The smallest absolute Gasteiger partial charge is 0.236 e. The maximum absolute atomic E-state index is 13.0. The van der Waals surface area contributed by atoms with Gasteiger partial charge in [0.05, 0.1) is 0 Å². The van der Waals surface area contributed by atoms with Crippen LogP contribution >= 0.6 is 0 Å². The Balaban J connectivity index is 1.48. The molecule has 3 nitrogen and oxygen atoms in total. The van der Waals surface area contributed by atoms with Crippen molar-refractivity contribution in [3.63, 3.8) is 0 Å². The first-order chi connectivity index (χ1) is 16.8. The standard InChI is InChI=1S/C29H54B2N2O/c34-29(30-25-18-12-6-1-2-7-13-19-25)32-27-22-16-10-5-11-17-23-28(24-27)33-31-26-20-14-8-3-4-9-15-21-26/h25-28,33H,1-24H2,(H,32,34). The highest BCUT2D eigenvalue weighted by Crippen LogP contribution is 2.27. The molecule has 2 N–H and O–H groups in total. The van der Waals surface area contributed by atoms with Crippen molar-refractivity contribution < 1.29 is 4.79 Å². The SMILES string of the molecule is O=C([B]C1CCCCCCCC1)NC1CCCCCCCC(N[B]C2CCCCCCCC2)C1. The zero-order valence-electron chi connectivity index (χ0n) is 22.3. The second-order valence-corrected chi connectivity index (χ2v) is 11.9. The highest BCUT2D eigenvalue weighted by atomic mass is 16.1. The largest absolute Gasteiger partial charge is 0.363 e. The summed E-state index contributed by atoms with van der Waals surface area (Å²) in [6.45, 7) is 0. The Kier molecular flexibility index (Phi) is 14.8. The lowest BCUT2D eigenvalue weighted by Crippen LogP contribution is -2.44. The van der Waals surface area contributed by atoms with Gasteiger partial charge in [-0.05, 0) is 25.3 Å². The molecular formula is C29H54B2N2O. The fourth-order valence-corrected chi connectivity index (χ4v) is 6.57. The molecule has 0 spiro atoms. The summed E-state index contributed by atoms with van der Waals surface area (Å²) < 4.78 is 0. The van der Waals surface area contributed by atoms with Gasteiger partial charge >= 0.3 is 0 Å². The molecule has 3 rings (SSSR count). The molecule has 34 heavy (non-hydrogen) atoms. The van der Waals surface area contributed by atoms with Crippen LogP contribution < -0.4 is 10.5 Å². The van der Waals surface area contributed by atoms with Crippen LogP contribution in [0.25, 0.3) is 0 Å². The number of nitrogens with one attached hydrogen (secondary N) is 2. The van der Waals surface area contributed by atoms with Crippen LogP contribution in [0.5, 0.6) is 0 Å². The number of carbonyl (C=O) groups is 1. The Hall–Kier alpha value is -0.440. The normalized spacial score (nSPS) is 28.1. The van der Waals surface area contributed by atoms with Crippen LogP contribution in [0.1, 0.15) is 154 Å². The summed E-state index contributed by atoms with van der Waals surface area (Å²) in [6.07, 6.45) is 31.8. The maximum atomic E-state index is 13.0. The molecule has 0 bridgehead atoms. The molecule has 2 unspecified atom stereocenters. The molecule has 1 amide bonds. The topological polar surface area (TPSA) is 41.1 Å². The lowest BCUT2D eigenvalue weighted by atomic mass is 9.60. The predicted octanol–water partition coefficient (Wildman–Crippen LogP) is 8.33. The zero-order chi connectivity index (χ0) is 23.7. The van der Waals surface area contributed by atoms with Crippen LogP contribution in [0.3, 0.4) is 0 Å². The molecule has 0 saturated heterocycles. The van der Waals surface area contributed by atoms with E-state index in [1.807, 2.05) is 0 Å². The average molecular weight is 468 g/mol. The lowest BCUT2D eigenvalue weighted by molar-refractivity contribution is 0.251. The van der Waals surface area contributed by atoms with Gasteiger partial charge in [0.25, 0.3) is 0 Å². The third-order valence-corrected chi connectivity index (χ3v) is 8.77. The first-order valence-electron chi connectivity index (χ1n) is 15.5. The van der Waals surface area contributed by atoms with Crippen molar-refractivity contribution in [2.45, 2.75) is 178 Å². The molecule has 3 fully saturated rings. The Morgan fingerprint density at radius 2 is 0.912 bits per heavy atom. The van der Waals surface area contributed by atoms with E-state index in [9.17, 15) is 4.79 Å². The van der Waals surface area contributed by atoms with E-state index in [1.54, 1.807) is 0 Å². The Morgan fingerprint density at radius 1 is 0.500 bits per heavy atom. The fraction of sp³-hybridized carbons (Fsp3) is 0.966. The Morgan fingerprint density at radius 3 is 1.44 bits per heavy atom.